The van der Waals surface area contributed by atoms with Gasteiger partial charge in [0, 0.05) is 6.42 Å². The van der Waals surface area contributed by atoms with E-state index in [4.69, 9.17) is 10.5 Å². The molecule has 0 aliphatic carbocycles. The van der Waals surface area contributed by atoms with E-state index in [0.29, 0.717) is 6.42 Å². The predicted octanol–water partition coefficient (Wildman–Crippen LogP) is 2.00. The van der Waals surface area contributed by atoms with Gasteiger partial charge in [0.1, 0.15) is 6.04 Å². The maximum absolute atomic E-state index is 12.6. The number of nitrogens with one attached hydrogen (secondary N) is 2. The Kier molecular flexibility index (Phi) is 7.56. The van der Waals surface area contributed by atoms with Crippen LogP contribution in [0.25, 0.3) is 0 Å². The van der Waals surface area contributed by atoms with Gasteiger partial charge in [-0.1, -0.05) is 60.2 Å². The number of ether oxygens (including phenoxy) is 1. The number of nitrogens with two attached hydrogens (primary N) is 1. The summed E-state index contributed by atoms with van der Waals surface area (Å²) < 4.78 is 4.81. The van der Waals surface area contributed by atoms with E-state index in [-0.39, 0.29) is 6.42 Å². The Balaban J connectivity index is 2.11. The zero-order valence-electron chi connectivity index (χ0n) is 16.0. The molecule has 7 heteroatoms. The molecular weight excluding hydrogens is 358 g/mol. The Morgan fingerprint density at radius 1 is 1.04 bits per heavy atom. The number of carbonyl (C=O) groups is 3. The van der Waals surface area contributed by atoms with Crippen LogP contribution in [0, 0.1) is 6.92 Å². The van der Waals surface area contributed by atoms with Crippen molar-refractivity contribution in [1.82, 2.24) is 10.6 Å². The van der Waals surface area contributed by atoms with E-state index >= 15 is 0 Å². The largest absolute Gasteiger partial charge is 0.467 e. The van der Waals surface area contributed by atoms with Crippen LogP contribution in [0.4, 0.5) is 4.79 Å². The van der Waals surface area contributed by atoms with E-state index in [2.05, 4.69) is 10.6 Å². The van der Waals surface area contributed by atoms with Crippen LogP contribution in [0.2, 0.25) is 0 Å². The highest BCUT2D eigenvalue weighted by molar-refractivity contribution is 5.85. The molecule has 148 valence electrons. The molecule has 0 radical (unpaired) electrons. The third-order valence-corrected chi connectivity index (χ3v) is 4.25. The molecule has 0 unspecified atom stereocenters. The van der Waals surface area contributed by atoms with Crippen molar-refractivity contribution in [3.05, 3.63) is 71.3 Å². The highest BCUT2D eigenvalue weighted by Crippen LogP contribution is 2.18. The minimum absolute atomic E-state index is 0.0608. The number of aryl methyl sites for hydroxylation is 1. The smallest absolute Gasteiger partial charge is 0.328 e. The number of methoxy groups -OCH3 is 1. The summed E-state index contributed by atoms with van der Waals surface area (Å²) in [6, 6.07) is 14.6. The summed E-state index contributed by atoms with van der Waals surface area (Å²) in [7, 11) is 1.27. The monoisotopic (exact) mass is 383 g/mol. The number of rotatable bonds is 8. The van der Waals surface area contributed by atoms with Crippen LogP contribution in [-0.2, 0) is 20.7 Å². The lowest BCUT2D eigenvalue weighted by Crippen LogP contribution is -2.44. The number of hydrogen-bond donors (Lipinski definition) is 3. The van der Waals surface area contributed by atoms with Gasteiger partial charge in [0.05, 0.1) is 19.6 Å². The van der Waals surface area contributed by atoms with E-state index in [1.54, 1.807) is 0 Å². The summed E-state index contributed by atoms with van der Waals surface area (Å²) in [5.41, 5.74) is 7.90. The number of amides is 3. The molecule has 2 rings (SSSR count). The fourth-order valence-corrected chi connectivity index (χ4v) is 2.93. The van der Waals surface area contributed by atoms with Crippen molar-refractivity contribution in [2.75, 3.05) is 7.11 Å². The number of benzene rings is 2. The summed E-state index contributed by atoms with van der Waals surface area (Å²) in [5, 5.41) is 5.28. The van der Waals surface area contributed by atoms with E-state index in [0.717, 1.165) is 16.7 Å². The maximum Gasteiger partial charge on any atom is 0.328 e. The van der Waals surface area contributed by atoms with Gasteiger partial charge in [-0.2, -0.15) is 0 Å². The van der Waals surface area contributed by atoms with E-state index in [1.807, 2.05) is 61.5 Å². The Morgan fingerprint density at radius 3 is 2.36 bits per heavy atom. The van der Waals surface area contributed by atoms with E-state index < -0.39 is 30.0 Å². The number of urea groups is 1. The van der Waals surface area contributed by atoms with Gasteiger partial charge in [0.15, 0.2) is 0 Å². The van der Waals surface area contributed by atoms with E-state index in [1.165, 1.54) is 7.11 Å². The summed E-state index contributed by atoms with van der Waals surface area (Å²) in [5.74, 6) is -0.932. The molecule has 0 fully saturated rings. The number of carbonyl (C=O) groups excluding carboxylic acids is 3. The second-order valence-electron chi connectivity index (χ2n) is 6.51. The molecule has 28 heavy (non-hydrogen) atoms. The van der Waals surface area contributed by atoms with Crippen LogP contribution >= 0.6 is 0 Å². The third-order valence-electron chi connectivity index (χ3n) is 4.25. The van der Waals surface area contributed by atoms with Crippen molar-refractivity contribution in [3.63, 3.8) is 0 Å². The third kappa shape index (κ3) is 6.42. The lowest BCUT2D eigenvalue weighted by Gasteiger charge is -2.21. The van der Waals surface area contributed by atoms with Gasteiger partial charge in [-0.3, -0.25) is 4.79 Å². The van der Waals surface area contributed by atoms with Gasteiger partial charge in [-0.25, -0.2) is 9.59 Å². The molecule has 2 aromatic carbocycles. The Morgan fingerprint density at radius 2 is 1.75 bits per heavy atom. The lowest BCUT2D eigenvalue weighted by atomic mass is 10.0. The normalized spacial score (nSPS) is 12.5. The first-order valence-electron chi connectivity index (χ1n) is 8.92. The van der Waals surface area contributed by atoms with Crippen LogP contribution in [-0.4, -0.2) is 31.1 Å². The molecule has 0 spiro atoms. The van der Waals surface area contributed by atoms with Crippen LogP contribution in [0.3, 0.4) is 0 Å². The molecule has 3 amide bonds. The summed E-state index contributed by atoms with van der Waals surface area (Å²) in [4.78, 5) is 36.1. The zero-order chi connectivity index (χ0) is 20.5. The zero-order valence-corrected chi connectivity index (χ0v) is 16.0. The van der Waals surface area contributed by atoms with Gasteiger partial charge in [-0.05, 0) is 18.1 Å². The number of hydrogen-bond acceptors (Lipinski definition) is 4. The van der Waals surface area contributed by atoms with Crippen LogP contribution < -0.4 is 16.4 Å². The molecule has 2 aromatic rings. The second-order valence-corrected chi connectivity index (χ2v) is 6.51. The summed E-state index contributed by atoms with van der Waals surface area (Å²) in [6.45, 7) is 1.91. The van der Waals surface area contributed by atoms with Crippen LogP contribution in [0.15, 0.2) is 54.6 Å². The average Bonchev–Trinajstić information content (AvgIpc) is 2.66. The molecule has 0 heterocycles. The highest BCUT2D eigenvalue weighted by Gasteiger charge is 2.24. The predicted molar refractivity (Wildman–Crippen MR) is 105 cm³/mol. The van der Waals surface area contributed by atoms with Gasteiger partial charge in [0.2, 0.25) is 5.91 Å². The number of primary amides is 1. The molecule has 7 nitrogen and oxygen atoms in total. The molecule has 4 N–H and O–H groups in total. The fraction of sp³-hybridized carbons (Fsp3) is 0.286. The Bertz CT molecular complexity index is 823. The van der Waals surface area contributed by atoms with Crippen LogP contribution in [0.5, 0.6) is 0 Å². The molecular formula is C21H25N3O4. The quantitative estimate of drug-likeness (QED) is 0.606. The first kappa shape index (κ1) is 21.0. The molecule has 0 saturated heterocycles. The number of esters is 1. The van der Waals surface area contributed by atoms with E-state index in [9.17, 15) is 14.4 Å². The minimum Gasteiger partial charge on any atom is -0.467 e. The highest BCUT2D eigenvalue weighted by atomic mass is 16.5. The molecule has 0 saturated carbocycles. The molecule has 2 atom stereocenters. The average molecular weight is 383 g/mol. The van der Waals surface area contributed by atoms with Crippen molar-refractivity contribution in [2.24, 2.45) is 5.73 Å². The SMILES string of the molecule is COC(=O)[C@H](Cc1ccccc1)NC(=O)C[C@H](NC(N)=O)c1cccc(C)c1. The molecule has 0 aliphatic heterocycles. The van der Waals surface area contributed by atoms with Crippen molar-refractivity contribution < 1.29 is 19.1 Å². The summed E-state index contributed by atoms with van der Waals surface area (Å²) in [6.07, 6.45) is 0.242. The topological polar surface area (TPSA) is 111 Å². The summed E-state index contributed by atoms with van der Waals surface area (Å²) >= 11 is 0. The van der Waals surface area contributed by atoms with Crippen molar-refractivity contribution in [2.45, 2.75) is 31.8 Å². The minimum atomic E-state index is -0.827. The maximum atomic E-state index is 12.6. The standard InChI is InChI=1S/C21H25N3O4/c1-14-7-6-10-16(11-14)17(24-21(22)27)13-19(25)23-18(20(26)28-2)12-15-8-4-3-5-9-15/h3-11,17-18H,12-13H2,1-2H3,(H,23,25)(H3,22,24,27)/t17-,18-/m0/s1. The first-order valence-corrected chi connectivity index (χ1v) is 8.92. The van der Waals surface area contributed by atoms with Crippen LogP contribution in [0.1, 0.15) is 29.2 Å². The Hall–Kier alpha value is -3.35. The molecule has 0 aromatic heterocycles. The molecule has 0 aliphatic rings. The van der Waals surface area contributed by atoms with Gasteiger partial charge < -0.3 is 21.1 Å². The van der Waals surface area contributed by atoms with Crippen molar-refractivity contribution in [1.29, 1.82) is 0 Å². The second kappa shape index (κ2) is 10.1. The first-order chi connectivity index (χ1) is 13.4. The van der Waals surface area contributed by atoms with Gasteiger partial charge in [0.25, 0.3) is 0 Å². The van der Waals surface area contributed by atoms with Crippen molar-refractivity contribution in [3.8, 4) is 0 Å². The lowest BCUT2D eigenvalue weighted by molar-refractivity contribution is -0.145. The van der Waals surface area contributed by atoms with Gasteiger partial charge in [-0.15, -0.1) is 0 Å². The Labute approximate surface area is 164 Å². The molecule has 0 bridgehead atoms. The van der Waals surface area contributed by atoms with Gasteiger partial charge >= 0.3 is 12.0 Å². The van der Waals surface area contributed by atoms with Crippen molar-refractivity contribution >= 4 is 17.9 Å². The fourth-order valence-electron chi connectivity index (χ4n) is 2.93.